The van der Waals surface area contributed by atoms with E-state index >= 15 is 0 Å². The number of benzene rings is 2. The van der Waals surface area contributed by atoms with Crippen LogP contribution in [0.15, 0.2) is 54.6 Å². The number of nitrogen functional groups attached to an aromatic ring is 1. The molecule has 0 spiro atoms. The van der Waals surface area contributed by atoms with E-state index in [9.17, 15) is 4.79 Å². The van der Waals surface area contributed by atoms with Gasteiger partial charge in [0, 0.05) is 17.9 Å². The average Bonchev–Trinajstić information content (AvgIpc) is 3.12. The number of nitrogens with zero attached hydrogens (tertiary/aromatic N) is 4. The number of thioether (sulfide) groups is 1. The Bertz CT molecular complexity index is 981. The van der Waals surface area contributed by atoms with Gasteiger partial charge in [0.1, 0.15) is 5.82 Å². The van der Waals surface area contributed by atoms with Crippen LogP contribution in [0.2, 0.25) is 0 Å². The quantitative estimate of drug-likeness (QED) is 0.665. The van der Waals surface area contributed by atoms with Gasteiger partial charge in [-0.25, -0.2) is 0 Å². The largest absolute Gasteiger partial charge is 0.368 e. The zero-order valence-corrected chi connectivity index (χ0v) is 16.0. The third-order valence-electron chi connectivity index (χ3n) is 4.37. The molecule has 0 saturated heterocycles. The molecule has 1 aliphatic rings. The molecule has 8 heteroatoms. The lowest BCUT2D eigenvalue weighted by atomic mass is 10.2. The van der Waals surface area contributed by atoms with Crippen molar-refractivity contribution >= 4 is 40.9 Å². The van der Waals surface area contributed by atoms with Crippen molar-refractivity contribution in [2.24, 2.45) is 0 Å². The van der Waals surface area contributed by atoms with Crippen LogP contribution in [0.5, 0.6) is 0 Å². The lowest BCUT2D eigenvalue weighted by Crippen LogP contribution is -2.30. The Morgan fingerprint density at radius 3 is 2.71 bits per heavy atom. The van der Waals surface area contributed by atoms with Crippen molar-refractivity contribution in [3.8, 4) is 0 Å². The Morgan fingerprint density at radius 2 is 1.86 bits per heavy atom. The highest BCUT2D eigenvalue weighted by Gasteiger charge is 2.23. The van der Waals surface area contributed by atoms with Crippen molar-refractivity contribution in [1.82, 2.24) is 15.0 Å². The second-order valence-electron chi connectivity index (χ2n) is 6.34. The van der Waals surface area contributed by atoms with Gasteiger partial charge in [0.05, 0.1) is 11.5 Å². The monoisotopic (exact) mass is 392 g/mol. The maximum absolute atomic E-state index is 12.6. The third-order valence-corrected chi connectivity index (χ3v) is 5.29. The van der Waals surface area contributed by atoms with Crippen molar-refractivity contribution in [1.29, 1.82) is 0 Å². The van der Waals surface area contributed by atoms with Crippen molar-refractivity contribution in [2.45, 2.75) is 12.2 Å². The van der Waals surface area contributed by atoms with Gasteiger partial charge in [-0.15, -0.1) is 11.8 Å². The topological polar surface area (TPSA) is 97.0 Å². The van der Waals surface area contributed by atoms with E-state index in [1.807, 2.05) is 53.4 Å². The highest BCUT2D eigenvalue weighted by Crippen LogP contribution is 2.28. The fourth-order valence-electron chi connectivity index (χ4n) is 3.11. The van der Waals surface area contributed by atoms with Gasteiger partial charge in [0.2, 0.25) is 17.8 Å². The Balaban J connectivity index is 1.35. The fourth-order valence-corrected chi connectivity index (χ4v) is 3.86. The molecule has 2 aromatic carbocycles. The van der Waals surface area contributed by atoms with Crippen LogP contribution in [0, 0.1) is 0 Å². The number of hydrogen-bond acceptors (Lipinski definition) is 7. The summed E-state index contributed by atoms with van der Waals surface area (Å²) in [6.07, 6.45) is 0.908. The van der Waals surface area contributed by atoms with Crippen molar-refractivity contribution < 1.29 is 4.79 Å². The standard InChI is InChI=1S/C20H20N6OS/c21-19-23-17(24-20(25-19)22-15-7-2-1-3-8-15)12-28-13-18(27)26-11-10-14-6-4-5-9-16(14)26/h1-9H,10-13H2,(H3,21,22,23,24,25). The third kappa shape index (κ3) is 4.23. The first-order valence-electron chi connectivity index (χ1n) is 8.97. The summed E-state index contributed by atoms with van der Waals surface area (Å²) in [4.78, 5) is 27.1. The van der Waals surface area contributed by atoms with Crippen LogP contribution < -0.4 is 16.0 Å². The van der Waals surface area contributed by atoms with Crippen LogP contribution in [-0.4, -0.2) is 33.2 Å². The molecule has 1 aliphatic heterocycles. The second kappa shape index (κ2) is 8.26. The summed E-state index contributed by atoms with van der Waals surface area (Å²) >= 11 is 1.47. The maximum Gasteiger partial charge on any atom is 0.237 e. The molecule has 142 valence electrons. The number of fused-ring (bicyclic) bond motifs is 1. The summed E-state index contributed by atoms with van der Waals surface area (Å²) < 4.78 is 0. The van der Waals surface area contributed by atoms with E-state index in [2.05, 4.69) is 26.3 Å². The summed E-state index contributed by atoms with van der Waals surface area (Å²) in [7, 11) is 0. The molecule has 0 fully saturated rings. The van der Waals surface area contributed by atoms with Crippen LogP contribution in [0.4, 0.5) is 23.3 Å². The van der Waals surface area contributed by atoms with Crippen LogP contribution in [-0.2, 0) is 17.0 Å². The van der Waals surface area contributed by atoms with E-state index in [0.29, 0.717) is 23.3 Å². The summed E-state index contributed by atoms with van der Waals surface area (Å²) in [5, 5.41) is 3.11. The highest BCUT2D eigenvalue weighted by molar-refractivity contribution is 7.99. The zero-order valence-electron chi connectivity index (χ0n) is 15.2. The molecule has 7 nitrogen and oxygen atoms in total. The number of rotatable bonds is 6. The molecule has 1 aromatic heterocycles. The van der Waals surface area contributed by atoms with E-state index in [1.54, 1.807) is 0 Å². The molecule has 28 heavy (non-hydrogen) atoms. The number of hydrogen-bond donors (Lipinski definition) is 2. The maximum atomic E-state index is 12.6. The summed E-state index contributed by atoms with van der Waals surface area (Å²) in [5.74, 6) is 2.04. The van der Waals surface area contributed by atoms with E-state index in [1.165, 1.54) is 17.3 Å². The van der Waals surface area contributed by atoms with Crippen LogP contribution in [0.3, 0.4) is 0 Å². The van der Waals surface area contributed by atoms with Gasteiger partial charge >= 0.3 is 0 Å². The summed E-state index contributed by atoms with van der Waals surface area (Å²) in [6.45, 7) is 0.739. The van der Waals surface area contributed by atoms with Gasteiger partial charge in [0.15, 0.2) is 0 Å². The van der Waals surface area contributed by atoms with Gasteiger partial charge in [-0.05, 0) is 30.2 Å². The van der Waals surface area contributed by atoms with Crippen molar-refractivity contribution in [3.63, 3.8) is 0 Å². The number of carbonyl (C=O) groups excluding carboxylic acids is 1. The lowest BCUT2D eigenvalue weighted by Gasteiger charge is -2.16. The lowest BCUT2D eigenvalue weighted by molar-refractivity contribution is -0.116. The number of nitrogens with two attached hydrogens (primary N) is 1. The van der Waals surface area contributed by atoms with Crippen molar-refractivity contribution in [2.75, 3.05) is 28.2 Å². The van der Waals surface area contributed by atoms with Crippen LogP contribution in [0.1, 0.15) is 11.4 Å². The molecule has 0 aliphatic carbocycles. The molecule has 1 amide bonds. The molecule has 3 aromatic rings. The Kier molecular flexibility index (Phi) is 5.38. The first kappa shape index (κ1) is 18.2. The minimum absolute atomic E-state index is 0.0969. The zero-order chi connectivity index (χ0) is 19.3. The van der Waals surface area contributed by atoms with Gasteiger partial charge < -0.3 is 16.0 Å². The van der Waals surface area contributed by atoms with E-state index in [4.69, 9.17) is 5.73 Å². The van der Waals surface area contributed by atoms with E-state index < -0.39 is 0 Å². The number of nitrogens with one attached hydrogen (secondary N) is 1. The Hall–Kier alpha value is -3.13. The molecule has 0 saturated carbocycles. The SMILES string of the molecule is Nc1nc(CSCC(=O)N2CCc3ccccc32)nc(Nc2ccccc2)n1. The summed E-state index contributed by atoms with van der Waals surface area (Å²) in [6, 6.07) is 17.7. The van der Waals surface area contributed by atoms with E-state index in [0.717, 1.165) is 24.3 Å². The molecular formula is C20H20N6OS. The van der Waals surface area contributed by atoms with Gasteiger partial charge in [-0.2, -0.15) is 15.0 Å². The number of aromatic nitrogens is 3. The Morgan fingerprint density at radius 1 is 1.07 bits per heavy atom. The minimum Gasteiger partial charge on any atom is -0.368 e. The molecular weight excluding hydrogens is 372 g/mol. The predicted octanol–water partition coefficient (Wildman–Crippen LogP) is 3.02. The smallest absolute Gasteiger partial charge is 0.237 e. The molecule has 0 radical (unpaired) electrons. The van der Waals surface area contributed by atoms with Gasteiger partial charge in [0.25, 0.3) is 0 Å². The first-order chi connectivity index (χ1) is 13.7. The average molecular weight is 392 g/mol. The molecule has 0 unspecified atom stereocenters. The molecule has 2 heterocycles. The predicted molar refractivity (Wildman–Crippen MR) is 113 cm³/mol. The molecule has 4 rings (SSSR count). The molecule has 0 atom stereocenters. The second-order valence-corrected chi connectivity index (χ2v) is 7.33. The number of carbonyl (C=O) groups is 1. The van der Waals surface area contributed by atoms with Crippen molar-refractivity contribution in [3.05, 3.63) is 66.0 Å². The molecule has 0 bridgehead atoms. The van der Waals surface area contributed by atoms with E-state index in [-0.39, 0.29) is 11.9 Å². The normalized spacial score (nSPS) is 12.6. The highest BCUT2D eigenvalue weighted by atomic mass is 32.2. The fraction of sp³-hybridized carbons (Fsp3) is 0.200. The number of anilines is 4. The first-order valence-corrected chi connectivity index (χ1v) is 10.1. The Labute approximate surface area is 167 Å². The van der Waals surface area contributed by atoms with Gasteiger partial charge in [-0.3, -0.25) is 4.79 Å². The van der Waals surface area contributed by atoms with Gasteiger partial charge in [-0.1, -0.05) is 36.4 Å². The number of amides is 1. The minimum atomic E-state index is 0.0969. The molecule has 3 N–H and O–H groups in total. The summed E-state index contributed by atoms with van der Waals surface area (Å²) in [5.41, 5.74) is 8.93. The van der Waals surface area contributed by atoms with Crippen LogP contribution in [0.25, 0.3) is 0 Å². The number of para-hydroxylation sites is 2. The van der Waals surface area contributed by atoms with Crippen LogP contribution >= 0.6 is 11.8 Å².